The second-order valence-electron chi connectivity index (χ2n) is 9.34. The van der Waals surface area contributed by atoms with Crippen LogP contribution in [0, 0.1) is 0 Å². The van der Waals surface area contributed by atoms with E-state index < -0.39 is 5.57 Å². The predicted octanol–water partition coefficient (Wildman–Crippen LogP) is 4.78. The van der Waals surface area contributed by atoms with E-state index in [2.05, 4.69) is 56.7 Å². The highest BCUT2D eigenvalue weighted by atomic mass is 79.9. The molecule has 1 unspecified atom stereocenters. The molecule has 2 aliphatic rings. The number of halogens is 4. The lowest BCUT2D eigenvalue weighted by Crippen LogP contribution is -2.55. The highest BCUT2D eigenvalue weighted by Gasteiger charge is 2.40. The topological polar surface area (TPSA) is 65.1 Å². The smallest absolute Gasteiger partial charge is 0.420 e. The minimum absolute atomic E-state index is 0.0877. The predicted molar refractivity (Wildman–Crippen MR) is 139 cm³/mol. The van der Waals surface area contributed by atoms with Crippen LogP contribution >= 0.6 is 27.5 Å². The number of hydrogen-bond donors (Lipinski definition) is 1. The Bertz CT molecular complexity index is 1140. The van der Waals surface area contributed by atoms with E-state index in [0.717, 1.165) is 28.8 Å². The fourth-order valence-corrected chi connectivity index (χ4v) is 5.49. The van der Waals surface area contributed by atoms with Gasteiger partial charge in [0.2, 0.25) is 5.91 Å². The molecule has 2 aromatic carbocycles. The highest BCUT2D eigenvalue weighted by Crippen LogP contribution is 2.41. The average molecular weight is 586 g/mol. The third kappa shape index (κ3) is 5.92. The number of nitrogens with one attached hydrogen (secondary N) is 1. The summed E-state index contributed by atoms with van der Waals surface area (Å²) >= 11 is 8.41. The van der Waals surface area contributed by atoms with Crippen LogP contribution < -0.4 is 15.0 Å². The van der Waals surface area contributed by atoms with Gasteiger partial charge in [-0.25, -0.2) is 0 Å². The monoisotopic (exact) mass is 584 g/mol. The molecule has 2 aromatic rings. The number of carbonyl (C=O) groups is 2. The van der Waals surface area contributed by atoms with Gasteiger partial charge in [0, 0.05) is 66.0 Å². The second-order valence-corrected chi connectivity index (χ2v) is 10.6. The standard InChI is InChI=1S/C25H28BrClF2N4O3/c1-15(2)33-21(24(35)32-10-8-31(3)9-11-32)14-16-12-17(13-20(26)22(16)33)23(34)30-18-4-6-19(7-5-18)36-25(27,28)29/h4-7,12-13,15,21H,8-11,14H2,1-3H3,(H,30,34). The van der Waals surface area contributed by atoms with Crippen LogP contribution in [0.1, 0.15) is 29.8 Å². The molecule has 4 rings (SSSR count). The molecule has 36 heavy (non-hydrogen) atoms. The molecule has 0 aromatic heterocycles. The van der Waals surface area contributed by atoms with E-state index in [0.29, 0.717) is 30.8 Å². The molecule has 0 spiro atoms. The van der Waals surface area contributed by atoms with Crippen LogP contribution in [0.25, 0.3) is 0 Å². The first-order valence-corrected chi connectivity index (χ1v) is 12.9. The lowest BCUT2D eigenvalue weighted by atomic mass is 10.0. The zero-order chi connectivity index (χ0) is 26.2. The maximum Gasteiger partial charge on any atom is 0.487 e. The first-order valence-electron chi connectivity index (χ1n) is 11.7. The van der Waals surface area contributed by atoms with E-state index in [1.807, 2.05) is 11.0 Å². The van der Waals surface area contributed by atoms with Gasteiger partial charge in [-0.05, 0) is 78.8 Å². The number of amides is 2. The number of ether oxygens (including phenoxy) is 1. The molecule has 1 atom stereocenters. The van der Waals surface area contributed by atoms with Gasteiger partial charge in [0.1, 0.15) is 11.8 Å². The lowest BCUT2D eigenvalue weighted by molar-refractivity contribution is -0.134. The molecule has 2 amide bonds. The minimum Gasteiger partial charge on any atom is -0.420 e. The molecule has 194 valence electrons. The SMILES string of the molecule is CC(C)N1c2c(Br)cc(C(=O)Nc3ccc(OC(F)(F)Cl)cc3)cc2CC1C(=O)N1CCN(C)CC1. The Morgan fingerprint density at radius 2 is 1.78 bits per heavy atom. The third-order valence-electron chi connectivity index (χ3n) is 6.41. The molecule has 11 heteroatoms. The van der Waals surface area contributed by atoms with E-state index in [1.165, 1.54) is 24.3 Å². The van der Waals surface area contributed by atoms with Crippen LogP contribution in [-0.2, 0) is 11.2 Å². The molecule has 2 aliphatic heterocycles. The molecule has 2 heterocycles. The van der Waals surface area contributed by atoms with E-state index in [1.54, 1.807) is 6.07 Å². The zero-order valence-corrected chi connectivity index (χ0v) is 22.6. The number of likely N-dealkylation sites (N-methyl/N-ethyl adjacent to an activating group) is 1. The normalized spacial score (nSPS) is 18.4. The van der Waals surface area contributed by atoms with Crippen molar-refractivity contribution in [2.75, 3.05) is 43.4 Å². The fraction of sp³-hybridized carbons (Fsp3) is 0.440. The van der Waals surface area contributed by atoms with E-state index in [-0.39, 0.29) is 29.6 Å². The van der Waals surface area contributed by atoms with Crippen LogP contribution in [0.4, 0.5) is 20.2 Å². The summed E-state index contributed by atoms with van der Waals surface area (Å²) in [6.07, 6.45) is 0.511. The molecular weight excluding hydrogens is 558 g/mol. The second kappa shape index (κ2) is 10.5. The average Bonchev–Trinajstić information content (AvgIpc) is 3.20. The summed E-state index contributed by atoms with van der Waals surface area (Å²) in [5.74, 6) is -0.381. The first-order chi connectivity index (χ1) is 16.9. The number of fused-ring (bicyclic) bond motifs is 1. The van der Waals surface area contributed by atoms with Gasteiger partial charge in [0.05, 0.1) is 5.69 Å². The van der Waals surface area contributed by atoms with Crippen molar-refractivity contribution in [2.45, 2.75) is 37.9 Å². The molecule has 7 nitrogen and oxygen atoms in total. The summed E-state index contributed by atoms with van der Waals surface area (Å²) in [5.41, 5.74) is -1.13. The van der Waals surface area contributed by atoms with Crippen molar-refractivity contribution in [3.05, 3.63) is 52.0 Å². The van der Waals surface area contributed by atoms with Crippen LogP contribution in [0.15, 0.2) is 40.9 Å². The minimum atomic E-state index is -3.81. The number of anilines is 2. The van der Waals surface area contributed by atoms with Gasteiger partial charge in [0.25, 0.3) is 5.91 Å². The molecule has 0 saturated carbocycles. The van der Waals surface area contributed by atoms with Crippen molar-refractivity contribution in [1.82, 2.24) is 9.80 Å². The number of alkyl halides is 3. The molecule has 0 bridgehead atoms. The Hall–Kier alpha value is -2.43. The quantitative estimate of drug-likeness (QED) is 0.495. The molecular formula is C25H28BrClF2N4O3. The Kier molecular flexibility index (Phi) is 7.78. The summed E-state index contributed by atoms with van der Waals surface area (Å²) in [6.45, 7) is 7.22. The molecule has 1 N–H and O–H groups in total. The molecule has 1 fully saturated rings. The largest absolute Gasteiger partial charge is 0.487 e. The van der Waals surface area contributed by atoms with Crippen molar-refractivity contribution in [1.29, 1.82) is 0 Å². The summed E-state index contributed by atoms with van der Waals surface area (Å²) < 4.78 is 30.6. The van der Waals surface area contributed by atoms with Gasteiger partial charge < -0.3 is 24.8 Å². The number of hydrogen-bond acceptors (Lipinski definition) is 5. The number of carbonyl (C=O) groups excluding carboxylic acids is 2. The van der Waals surface area contributed by atoms with Gasteiger partial charge in [-0.2, -0.15) is 0 Å². The Morgan fingerprint density at radius 1 is 1.14 bits per heavy atom. The van der Waals surface area contributed by atoms with Crippen LogP contribution in [0.5, 0.6) is 5.75 Å². The number of benzene rings is 2. The first kappa shape index (κ1) is 26.6. The Labute approximate surface area is 222 Å². The number of piperazine rings is 1. The van der Waals surface area contributed by atoms with Crippen LogP contribution in [-0.4, -0.2) is 72.5 Å². The summed E-state index contributed by atoms with van der Waals surface area (Å²) in [7, 11) is 2.05. The number of rotatable bonds is 6. The van der Waals surface area contributed by atoms with Gasteiger partial charge in [-0.3, -0.25) is 9.59 Å². The van der Waals surface area contributed by atoms with Gasteiger partial charge >= 0.3 is 5.57 Å². The van der Waals surface area contributed by atoms with Crippen LogP contribution in [0.3, 0.4) is 0 Å². The fourth-order valence-electron chi connectivity index (χ4n) is 4.70. The van der Waals surface area contributed by atoms with Crippen molar-refractivity contribution < 1.29 is 23.1 Å². The molecule has 0 aliphatic carbocycles. The third-order valence-corrected chi connectivity index (χ3v) is 7.10. The van der Waals surface area contributed by atoms with Crippen LogP contribution in [0.2, 0.25) is 0 Å². The van der Waals surface area contributed by atoms with Crippen molar-refractivity contribution in [3.8, 4) is 5.75 Å². The lowest BCUT2D eigenvalue weighted by Gasteiger charge is -2.38. The summed E-state index contributed by atoms with van der Waals surface area (Å²) in [4.78, 5) is 32.7. The van der Waals surface area contributed by atoms with Gasteiger partial charge in [0.15, 0.2) is 0 Å². The zero-order valence-electron chi connectivity index (χ0n) is 20.2. The van der Waals surface area contributed by atoms with Gasteiger partial charge in [-0.15, -0.1) is 8.78 Å². The molecule has 0 radical (unpaired) electrons. The number of nitrogens with zero attached hydrogens (tertiary/aromatic N) is 3. The van der Waals surface area contributed by atoms with E-state index in [4.69, 9.17) is 11.6 Å². The Balaban J connectivity index is 1.52. The molecule has 1 saturated heterocycles. The van der Waals surface area contributed by atoms with Crippen molar-refractivity contribution in [2.24, 2.45) is 0 Å². The maximum absolute atomic E-state index is 13.5. The summed E-state index contributed by atoms with van der Waals surface area (Å²) in [5, 5.41) is 2.76. The summed E-state index contributed by atoms with van der Waals surface area (Å²) in [6, 6.07) is 8.78. The maximum atomic E-state index is 13.5. The van der Waals surface area contributed by atoms with Crippen molar-refractivity contribution >= 4 is 50.7 Å². The van der Waals surface area contributed by atoms with E-state index in [9.17, 15) is 18.4 Å². The van der Waals surface area contributed by atoms with Crippen molar-refractivity contribution in [3.63, 3.8) is 0 Å². The van der Waals surface area contributed by atoms with Gasteiger partial charge in [-0.1, -0.05) is 0 Å². The Morgan fingerprint density at radius 3 is 2.36 bits per heavy atom. The highest BCUT2D eigenvalue weighted by molar-refractivity contribution is 9.10. The van der Waals surface area contributed by atoms with E-state index >= 15 is 0 Å².